The fourth-order valence-electron chi connectivity index (χ4n) is 1.48. The zero-order chi connectivity index (χ0) is 13.2. The number of rotatable bonds is 4. The molecule has 0 aliphatic rings. The van der Waals surface area contributed by atoms with Gasteiger partial charge < -0.3 is 10.6 Å². The van der Waals surface area contributed by atoms with E-state index in [0.29, 0.717) is 10.8 Å². The number of nitrogens with two attached hydrogens (primary N) is 1. The standard InChI is InChI=1S/C10H16F3N3S/c1-4-16(5-10(11,12)13)9-15-7(3)8(17-9)6(2)14/h6H,4-5,14H2,1-3H3. The molecule has 0 radical (unpaired) electrons. The van der Waals surface area contributed by atoms with Crippen molar-refractivity contribution >= 4 is 16.5 Å². The van der Waals surface area contributed by atoms with Gasteiger partial charge in [0.1, 0.15) is 6.54 Å². The minimum absolute atomic E-state index is 0.203. The molecule has 1 atom stereocenters. The molecule has 0 aromatic carbocycles. The molecule has 3 nitrogen and oxygen atoms in total. The Morgan fingerprint density at radius 1 is 1.47 bits per heavy atom. The smallest absolute Gasteiger partial charge is 0.339 e. The van der Waals surface area contributed by atoms with Gasteiger partial charge in [-0.25, -0.2) is 4.98 Å². The molecule has 0 aliphatic carbocycles. The summed E-state index contributed by atoms with van der Waals surface area (Å²) in [5.41, 5.74) is 6.44. The van der Waals surface area contributed by atoms with Gasteiger partial charge in [-0.05, 0) is 20.8 Å². The van der Waals surface area contributed by atoms with Gasteiger partial charge >= 0.3 is 6.18 Å². The number of halogens is 3. The summed E-state index contributed by atoms with van der Waals surface area (Å²) in [6.45, 7) is 4.53. The van der Waals surface area contributed by atoms with Crippen LogP contribution in [0.2, 0.25) is 0 Å². The monoisotopic (exact) mass is 267 g/mol. The molecule has 1 unspecified atom stereocenters. The van der Waals surface area contributed by atoms with Crippen LogP contribution in [0.15, 0.2) is 0 Å². The Kier molecular flexibility index (Phi) is 4.37. The van der Waals surface area contributed by atoms with Crippen molar-refractivity contribution in [1.29, 1.82) is 0 Å². The number of hydrogen-bond donors (Lipinski definition) is 1. The molecule has 0 spiro atoms. The zero-order valence-corrected chi connectivity index (χ0v) is 10.8. The van der Waals surface area contributed by atoms with Crippen LogP contribution in [0.4, 0.5) is 18.3 Å². The topological polar surface area (TPSA) is 42.2 Å². The van der Waals surface area contributed by atoms with Crippen molar-refractivity contribution in [2.75, 3.05) is 18.0 Å². The minimum atomic E-state index is -4.22. The van der Waals surface area contributed by atoms with E-state index in [9.17, 15) is 13.2 Å². The molecule has 7 heteroatoms. The Morgan fingerprint density at radius 2 is 2.06 bits per heavy atom. The molecule has 1 heterocycles. The number of hydrogen-bond acceptors (Lipinski definition) is 4. The van der Waals surface area contributed by atoms with Crippen molar-refractivity contribution in [1.82, 2.24) is 4.98 Å². The highest BCUT2D eigenvalue weighted by Gasteiger charge is 2.31. The second kappa shape index (κ2) is 5.22. The van der Waals surface area contributed by atoms with E-state index in [4.69, 9.17) is 5.73 Å². The van der Waals surface area contributed by atoms with Crippen LogP contribution in [0.5, 0.6) is 0 Å². The summed E-state index contributed by atoms with van der Waals surface area (Å²) < 4.78 is 37.1. The fraction of sp³-hybridized carbons (Fsp3) is 0.700. The SMILES string of the molecule is CCN(CC(F)(F)F)c1nc(C)c(C(C)N)s1. The maximum atomic E-state index is 12.4. The third kappa shape index (κ3) is 3.85. The largest absolute Gasteiger partial charge is 0.406 e. The van der Waals surface area contributed by atoms with Gasteiger partial charge in [0.05, 0.1) is 5.69 Å². The predicted octanol–water partition coefficient (Wildman–Crippen LogP) is 2.86. The van der Waals surface area contributed by atoms with E-state index in [1.165, 1.54) is 16.2 Å². The van der Waals surface area contributed by atoms with Crippen LogP contribution in [0, 0.1) is 6.92 Å². The van der Waals surface area contributed by atoms with Crippen molar-refractivity contribution in [2.45, 2.75) is 33.0 Å². The van der Waals surface area contributed by atoms with Gasteiger partial charge in [-0.1, -0.05) is 0 Å². The third-order valence-corrected chi connectivity index (χ3v) is 3.68. The first kappa shape index (κ1) is 14.2. The minimum Gasteiger partial charge on any atom is -0.339 e. The molecule has 17 heavy (non-hydrogen) atoms. The van der Waals surface area contributed by atoms with Gasteiger partial charge in [-0.3, -0.25) is 0 Å². The van der Waals surface area contributed by atoms with E-state index < -0.39 is 12.7 Å². The normalized spacial score (nSPS) is 13.8. The summed E-state index contributed by atoms with van der Waals surface area (Å²) in [4.78, 5) is 6.20. The summed E-state index contributed by atoms with van der Waals surface area (Å²) in [6, 6.07) is -0.203. The van der Waals surface area contributed by atoms with Crippen molar-refractivity contribution in [3.63, 3.8) is 0 Å². The average molecular weight is 267 g/mol. The molecule has 0 saturated heterocycles. The lowest BCUT2D eigenvalue weighted by Crippen LogP contribution is -2.33. The van der Waals surface area contributed by atoms with Crippen molar-refractivity contribution in [3.8, 4) is 0 Å². The van der Waals surface area contributed by atoms with Crippen LogP contribution in [-0.4, -0.2) is 24.2 Å². The van der Waals surface area contributed by atoms with Crippen LogP contribution in [0.3, 0.4) is 0 Å². The van der Waals surface area contributed by atoms with Gasteiger partial charge in [0.25, 0.3) is 0 Å². The summed E-state index contributed by atoms with van der Waals surface area (Å²) in [5.74, 6) is 0. The molecule has 98 valence electrons. The second-order valence-electron chi connectivity index (χ2n) is 3.86. The van der Waals surface area contributed by atoms with Crippen LogP contribution in [0.25, 0.3) is 0 Å². The van der Waals surface area contributed by atoms with Gasteiger partial charge in [0.15, 0.2) is 5.13 Å². The Labute approximate surface area is 102 Å². The molecular weight excluding hydrogens is 251 g/mol. The maximum Gasteiger partial charge on any atom is 0.406 e. The number of aromatic nitrogens is 1. The second-order valence-corrected chi connectivity index (χ2v) is 4.87. The first-order valence-electron chi connectivity index (χ1n) is 5.29. The van der Waals surface area contributed by atoms with Crippen LogP contribution in [-0.2, 0) is 0 Å². The highest BCUT2D eigenvalue weighted by Crippen LogP contribution is 2.31. The van der Waals surface area contributed by atoms with Gasteiger partial charge in [0, 0.05) is 17.5 Å². The molecule has 0 amide bonds. The highest BCUT2D eigenvalue weighted by molar-refractivity contribution is 7.15. The Hall–Kier alpha value is -0.820. The Bertz CT molecular complexity index is 373. The summed E-state index contributed by atoms with van der Waals surface area (Å²) >= 11 is 1.23. The fourth-order valence-corrected chi connectivity index (χ4v) is 2.56. The first-order valence-corrected chi connectivity index (χ1v) is 6.10. The van der Waals surface area contributed by atoms with E-state index in [-0.39, 0.29) is 12.6 Å². The molecule has 0 fully saturated rings. The Morgan fingerprint density at radius 3 is 2.41 bits per heavy atom. The van der Waals surface area contributed by atoms with Crippen molar-refractivity contribution in [2.24, 2.45) is 5.73 Å². The van der Waals surface area contributed by atoms with E-state index in [1.54, 1.807) is 20.8 Å². The molecule has 0 bridgehead atoms. The quantitative estimate of drug-likeness (QED) is 0.912. The van der Waals surface area contributed by atoms with Crippen molar-refractivity contribution in [3.05, 3.63) is 10.6 Å². The first-order chi connectivity index (χ1) is 7.74. The number of thiazole rings is 1. The number of alkyl halides is 3. The predicted molar refractivity (Wildman–Crippen MR) is 63.4 cm³/mol. The molecule has 1 aromatic heterocycles. The van der Waals surface area contributed by atoms with E-state index in [1.807, 2.05) is 0 Å². The highest BCUT2D eigenvalue weighted by atomic mass is 32.1. The van der Waals surface area contributed by atoms with Gasteiger partial charge in [0.2, 0.25) is 0 Å². The van der Waals surface area contributed by atoms with E-state index in [0.717, 1.165) is 4.88 Å². The van der Waals surface area contributed by atoms with Gasteiger partial charge in [-0.2, -0.15) is 13.2 Å². The lowest BCUT2D eigenvalue weighted by atomic mass is 10.2. The zero-order valence-electron chi connectivity index (χ0n) is 10.0. The summed E-state index contributed by atoms with van der Waals surface area (Å²) in [6.07, 6.45) is -4.22. The van der Waals surface area contributed by atoms with E-state index in [2.05, 4.69) is 4.98 Å². The molecular formula is C10H16F3N3S. The number of anilines is 1. The lowest BCUT2D eigenvalue weighted by Gasteiger charge is -2.21. The Balaban J connectivity index is 2.93. The van der Waals surface area contributed by atoms with Crippen LogP contribution >= 0.6 is 11.3 Å². The molecule has 1 rings (SSSR count). The maximum absolute atomic E-state index is 12.4. The average Bonchev–Trinajstić information content (AvgIpc) is 2.55. The third-order valence-electron chi connectivity index (χ3n) is 2.26. The number of nitrogens with zero attached hydrogens (tertiary/aromatic N) is 2. The lowest BCUT2D eigenvalue weighted by molar-refractivity contribution is -0.119. The van der Waals surface area contributed by atoms with Gasteiger partial charge in [-0.15, -0.1) is 11.3 Å². The van der Waals surface area contributed by atoms with E-state index >= 15 is 0 Å². The summed E-state index contributed by atoms with van der Waals surface area (Å²) in [7, 11) is 0. The van der Waals surface area contributed by atoms with Crippen molar-refractivity contribution < 1.29 is 13.2 Å². The molecule has 2 N–H and O–H groups in total. The molecule has 0 saturated carbocycles. The summed E-state index contributed by atoms with van der Waals surface area (Å²) in [5, 5.41) is 0.384. The molecule has 1 aromatic rings. The number of aryl methyl sites for hydroxylation is 1. The molecule has 0 aliphatic heterocycles. The van der Waals surface area contributed by atoms with Crippen LogP contribution < -0.4 is 10.6 Å². The van der Waals surface area contributed by atoms with Crippen LogP contribution in [0.1, 0.15) is 30.5 Å².